The van der Waals surface area contributed by atoms with Gasteiger partial charge in [0.2, 0.25) is 0 Å². The van der Waals surface area contributed by atoms with Crippen LogP contribution in [0.15, 0.2) is 30.3 Å². The summed E-state index contributed by atoms with van der Waals surface area (Å²) >= 11 is 0. The average molecular weight is 362 g/mol. The van der Waals surface area contributed by atoms with Crippen molar-refractivity contribution in [1.82, 2.24) is 0 Å². The largest absolute Gasteiger partial charge is 3.00 e. The molecule has 55 valence electrons. The van der Waals surface area contributed by atoms with Gasteiger partial charge < -0.3 is 14.4 Å². The molecule has 0 fully saturated rings. The Morgan fingerprint density at radius 2 is 1.50 bits per heavy atom. The van der Waals surface area contributed by atoms with Gasteiger partial charge in [0.1, 0.15) is 0 Å². The molecule has 0 heterocycles. The van der Waals surface area contributed by atoms with Crippen LogP contribution in [0.2, 0.25) is 0 Å². The van der Waals surface area contributed by atoms with Crippen molar-refractivity contribution >= 4 is 12.9 Å². The van der Waals surface area contributed by atoms with Gasteiger partial charge in [-0.25, -0.2) is 0 Å². The summed E-state index contributed by atoms with van der Waals surface area (Å²) in [6, 6.07) is 7.23. The maximum atomic E-state index is 10.3. The van der Waals surface area contributed by atoms with Gasteiger partial charge in [0, 0.05) is 0 Å². The van der Waals surface area contributed by atoms with Gasteiger partial charge in [0.05, 0.1) is 0 Å². The molecule has 1 rings (SSSR count). The summed E-state index contributed by atoms with van der Waals surface area (Å²) in [5.74, 6) is 0. The topological polar surface area (TPSA) is 63.2 Å². The Hall–Kier alpha value is 1.37. The van der Waals surface area contributed by atoms with Crippen LogP contribution in [-0.2, 0) is 24.0 Å². The van der Waals surface area contributed by atoms with Crippen molar-refractivity contribution in [3.05, 3.63) is 30.3 Å². The Morgan fingerprint density at radius 1 is 1.08 bits per heavy atom. The van der Waals surface area contributed by atoms with E-state index in [-0.39, 0.29) is 66.5 Å². The normalized spacial score (nSPS) is 9.50. The summed E-state index contributed by atoms with van der Waals surface area (Å²) in [6.07, 6.45) is 0. The van der Waals surface area contributed by atoms with Crippen LogP contribution in [0.1, 0.15) is 0 Å². The molecule has 1 aromatic rings. The van der Waals surface area contributed by atoms with E-state index in [1.54, 1.807) is 6.07 Å². The molecule has 0 saturated heterocycles. The first-order valence-corrected chi connectivity index (χ1v) is 4.22. The van der Waals surface area contributed by atoms with E-state index in [1.165, 1.54) is 24.3 Å². The Balaban J connectivity index is 0. The molecule has 1 radical (unpaired) electrons. The van der Waals surface area contributed by atoms with Gasteiger partial charge in [-0.05, 0) is 12.9 Å². The van der Waals surface area contributed by atoms with Gasteiger partial charge in [0.25, 0.3) is 0 Å². The monoisotopic (exact) mass is 360 g/mol. The van der Waals surface area contributed by atoms with Gasteiger partial charge in [0.15, 0.2) is 0 Å². The fourth-order valence-electron chi connectivity index (χ4n) is 0.611. The summed E-state index contributed by atoms with van der Waals surface area (Å²) < 4.78 is 10.3. The van der Waals surface area contributed by atoms with Gasteiger partial charge in [-0.15, -0.1) is 0 Å². The zero-order valence-electron chi connectivity index (χ0n) is 6.27. The van der Waals surface area contributed by atoms with Crippen molar-refractivity contribution in [3.63, 3.8) is 0 Å². The molecule has 0 atom stereocenters. The number of hydrogen-bond donors (Lipinski definition) is 0. The van der Waals surface area contributed by atoms with Crippen molar-refractivity contribution in [2.45, 2.75) is 0 Å². The number of benzene rings is 1. The van der Waals surface area contributed by atoms with Crippen LogP contribution in [0.4, 0.5) is 0 Å². The Labute approximate surface area is 117 Å². The second kappa shape index (κ2) is 6.77. The molecule has 0 saturated carbocycles. The number of rotatable bonds is 1. The summed E-state index contributed by atoms with van der Waals surface area (Å²) in [4.78, 5) is 20.6. The first-order valence-electron chi connectivity index (χ1n) is 2.68. The minimum absolute atomic E-state index is 0. The van der Waals surface area contributed by atoms with E-state index in [1.807, 2.05) is 0 Å². The Bertz CT molecular complexity index is 261. The minimum atomic E-state index is -4.52. The molecule has 0 bridgehead atoms. The zero-order chi connectivity index (χ0) is 7.61. The first kappa shape index (κ1) is 15.8. The zero-order valence-corrected chi connectivity index (χ0v) is 13.3. The van der Waals surface area contributed by atoms with Crippen LogP contribution in [0.3, 0.4) is 0 Å². The van der Waals surface area contributed by atoms with Crippen molar-refractivity contribution in [2.24, 2.45) is 0 Å². The van der Waals surface area contributed by atoms with Gasteiger partial charge in [-0.2, -0.15) is 0 Å². The van der Waals surface area contributed by atoms with Crippen molar-refractivity contribution in [1.29, 1.82) is 0 Å². The standard InChI is InChI=1S/C6H7O3P.Ce.Zn/c7-10(8,9)6-4-2-1-3-5-6;;/h1-5H,(H2,7,8,9);;/q;+3;+2/p-2. The fourth-order valence-corrected chi connectivity index (χ4v) is 1.15. The molecular formula is C6H5CeO3PZn+3. The van der Waals surface area contributed by atoms with Crippen LogP contribution in [-0.4, -0.2) is 0 Å². The molecule has 0 aliphatic carbocycles. The summed E-state index contributed by atoms with van der Waals surface area (Å²) in [5.41, 5.74) is 0. The molecule has 0 aromatic heterocycles. The summed E-state index contributed by atoms with van der Waals surface area (Å²) in [6.45, 7) is 0. The first-order chi connectivity index (χ1) is 4.61. The Kier molecular flexibility index (Phi) is 8.93. The molecular weight excluding hydrogens is 357 g/mol. The molecule has 6 heteroatoms. The van der Waals surface area contributed by atoms with Crippen LogP contribution >= 0.6 is 7.60 Å². The minimum Gasteiger partial charge on any atom is -0.807 e. The van der Waals surface area contributed by atoms with Crippen molar-refractivity contribution in [3.8, 4) is 0 Å². The van der Waals surface area contributed by atoms with E-state index in [4.69, 9.17) is 0 Å². The molecule has 0 amide bonds. The molecule has 0 unspecified atom stereocenters. The van der Waals surface area contributed by atoms with Crippen molar-refractivity contribution in [2.75, 3.05) is 0 Å². The van der Waals surface area contributed by atoms with E-state index in [0.29, 0.717) is 0 Å². The Morgan fingerprint density at radius 3 is 1.75 bits per heavy atom. The average Bonchev–Trinajstić information content (AvgIpc) is 1.88. The van der Waals surface area contributed by atoms with E-state index in [0.717, 1.165) is 0 Å². The van der Waals surface area contributed by atoms with E-state index in [2.05, 4.69) is 0 Å². The molecule has 0 aliphatic heterocycles. The molecule has 12 heavy (non-hydrogen) atoms. The third-order valence-corrected chi connectivity index (χ3v) is 2.00. The smallest absolute Gasteiger partial charge is 0.807 e. The SMILES string of the molecule is O=P([O-])([O-])c1ccccc1.[Ce+3].[Zn+2]. The van der Waals surface area contributed by atoms with Crippen LogP contribution < -0.4 is 15.1 Å². The number of hydrogen-bond acceptors (Lipinski definition) is 3. The second-order valence-corrected chi connectivity index (χ2v) is 3.34. The molecule has 0 aliphatic rings. The third-order valence-electron chi connectivity index (χ3n) is 1.07. The second-order valence-electron chi connectivity index (χ2n) is 1.83. The maximum Gasteiger partial charge on any atom is 3.00 e. The molecule has 0 N–H and O–H groups in total. The predicted octanol–water partition coefficient (Wildman–Crippen LogP) is -0.777. The quantitative estimate of drug-likeness (QED) is 0.487. The van der Waals surface area contributed by atoms with Gasteiger partial charge >= 0.3 is 61.2 Å². The summed E-state index contributed by atoms with van der Waals surface area (Å²) in [7, 11) is -4.52. The predicted molar refractivity (Wildman–Crippen MR) is 33.7 cm³/mol. The van der Waals surface area contributed by atoms with E-state index in [9.17, 15) is 14.4 Å². The fraction of sp³-hybridized carbons (Fsp3) is 0. The molecule has 1 aromatic carbocycles. The summed E-state index contributed by atoms with van der Waals surface area (Å²) in [5, 5.41) is -0.157. The van der Waals surface area contributed by atoms with E-state index >= 15 is 0 Å². The molecule has 0 spiro atoms. The molecule has 3 nitrogen and oxygen atoms in total. The van der Waals surface area contributed by atoms with E-state index < -0.39 is 7.60 Å². The van der Waals surface area contributed by atoms with Crippen LogP contribution in [0, 0.1) is 41.7 Å². The van der Waals surface area contributed by atoms with Crippen molar-refractivity contribution < 1.29 is 75.6 Å². The van der Waals surface area contributed by atoms with Crippen LogP contribution in [0.5, 0.6) is 0 Å². The van der Waals surface area contributed by atoms with Crippen LogP contribution in [0.25, 0.3) is 0 Å². The van der Waals surface area contributed by atoms with Gasteiger partial charge in [-0.3, -0.25) is 0 Å². The maximum absolute atomic E-state index is 10.3. The van der Waals surface area contributed by atoms with Gasteiger partial charge in [-0.1, -0.05) is 30.3 Å². The third kappa shape index (κ3) is 5.18.